The molecule has 0 unspecified atom stereocenters. The first kappa shape index (κ1) is 17.0. The van der Waals surface area contributed by atoms with Crippen LogP contribution < -0.4 is 5.56 Å². The van der Waals surface area contributed by atoms with Crippen molar-refractivity contribution in [2.24, 2.45) is 0 Å². The second-order valence-electron chi connectivity index (χ2n) is 4.96. The number of ether oxygens (including phenoxy) is 1. The van der Waals surface area contributed by atoms with Crippen LogP contribution >= 0.6 is 34.5 Å². The van der Waals surface area contributed by atoms with Gasteiger partial charge in [-0.3, -0.25) is 9.36 Å². The molecule has 0 spiro atoms. The quantitative estimate of drug-likeness (QED) is 0.640. The molecule has 2 heterocycles. The number of carbonyl (C=O) groups is 1. The smallest absolute Gasteiger partial charge is 0.339 e. The average Bonchev–Trinajstić information content (AvgIpc) is 2.97. The first-order chi connectivity index (χ1) is 11.5. The lowest BCUT2D eigenvalue weighted by Crippen LogP contribution is -2.22. The summed E-state index contributed by atoms with van der Waals surface area (Å²) >= 11 is 13.3. The zero-order valence-corrected chi connectivity index (χ0v) is 14.9. The Bertz CT molecular complexity index is 981. The zero-order chi connectivity index (χ0) is 17.3. The summed E-state index contributed by atoms with van der Waals surface area (Å²) in [5.74, 6) is -0.523. The molecular formula is C16H12Cl2N2O3S. The maximum Gasteiger partial charge on any atom is 0.339 e. The molecule has 0 aliphatic heterocycles. The SMILES string of the molecule is CCOC(=O)c1csc2ncn(Cc3ccc(Cl)cc3Cl)c(=O)c12. The van der Waals surface area contributed by atoms with E-state index in [0.29, 0.717) is 14.9 Å². The van der Waals surface area contributed by atoms with Gasteiger partial charge in [0.2, 0.25) is 0 Å². The van der Waals surface area contributed by atoms with Crippen molar-refractivity contribution in [1.82, 2.24) is 9.55 Å². The highest BCUT2D eigenvalue weighted by atomic mass is 35.5. The number of benzene rings is 1. The van der Waals surface area contributed by atoms with Crippen molar-refractivity contribution in [3.63, 3.8) is 0 Å². The Morgan fingerprint density at radius 1 is 1.38 bits per heavy atom. The van der Waals surface area contributed by atoms with Gasteiger partial charge in [-0.1, -0.05) is 29.3 Å². The predicted octanol–water partition coefficient (Wildman–Crippen LogP) is 3.99. The third-order valence-corrected chi connectivity index (χ3v) is 4.89. The highest BCUT2D eigenvalue weighted by Gasteiger charge is 2.18. The van der Waals surface area contributed by atoms with Gasteiger partial charge in [0.15, 0.2) is 0 Å². The molecular weight excluding hydrogens is 371 g/mol. The molecule has 0 N–H and O–H groups in total. The minimum absolute atomic E-state index is 0.232. The fourth-order valence-corrected chi connectivity index (χ4v) is 3.61. The Labute approximate surface area is 151 Å². The molecule has 0 atom stereocenters. The van der Waals surface area contributed by atoms with Crippen LogP contribution in [-0.2, 0) is 11.3 Å². The summed E-state index contributed by atoms with van der Waals surface area (Å²) in [6.45, 7) is 2.19. The van der Waals surface area contributed by atoms with E-state index >= 15 is 0 Å². The van der Waals surface area contributed by atoms with Crippen LogP contribution in [0.1, 0.15) is 22.8 Å². The Kier molecular flexibility index (Phi) is 4.89. The topological polar surface area (TPSA) is 61.2 Å². The third-order valence-electron chi connectivity index (χ3n) is 3.41. The molecule has 2 aromatic heterocycles. The number of thiophene rings is 1. The monoisotopic (exact) mass is 382 g/mol. The number of fused-ring (bicyclic) bond motifs is 1. The van der Waals surface area contributed by atoms with Crippen LogP contribution in [0.2, 0.25) is 10.0 Å². The first-order valence-electron chi connectivity index (χ1n) is 7.09. The van der Waals surface area contributed by atoms with Gasteiger partial charge < -0.3 is 4.74 Å². The minimum atomic E-state index is -0.523. The van der Waals surface area contributed by atoms with Crippen molar-refractivity contribution in [3.8, 4) is 0 Å². The van der Waals surface area contributed by atoms with E-state index in [4.69, 9.17) is 27.9 Å². The Morgan fingerprint density at radius 2 is 2.17 bits per heavy atom. The molecule has 0 aliphatic rings. The van der Waals surface area contributed by atoms with Gasteiger partial charge in [0, 0.05) is 15.4 Å². The first-order valence-corrected chi connectivity index (χ1v) is 8.72. The molecule has 1 aromatic carbocycles. The number of rotatable bonds is 4. The predicted molar refractivity (Wildman–Crippen MR) is 95.4 cm³/mol. The van der Waals surface area contributed by atoms with Gasteiger partial charge in [-0.2, -0.15) is 0 Å². The summed E-state index contributed by atoms with van der Waals surface area (Å²) in [6.07, 6.45) is 1.45. The molecule has 0 saturated carbocycles. The Morgan fingerprint density at radius 3 is 2.88 bits per heavy atom. The molecule has 5 nitrogen and oxygen atoms in total. The van der Waals surface area contributed by atoms with Crippen LogP contribution in [0.25, 0.3) is 10.2 Å². The fraction of sp³-hybridized carbons (Fsp3) is 0.188. The maximum atomic E-state index is 12.8. The number of carbonyl (C=O) groups excluding carboxylic acids is 1. The van der Waals surface area contributed by atoms with Crippen LogP contribution in [0.15, 0.2) is 34.7 Å². The van der Waals surface area contributed by atoms with Crippen molar-refractivity contribution < 1.29 is 9.53 Å². The van der Waals surface area contributed by atoms with Gasteiger partial charge in [-0.25, -0.2) is 9.78 Å². The lowest BCUT2D eigenvalue weighted by molar-refractivity contribution is 0.0529. The molecule has 0 fully saturated rings. The summed E-state index contributed by atoms with van der Waals surface area (Å²) in [4.78, 5) is 29.5. The summed E-state index contributed by atoms with van der Waals surface area (Å²) in [6, 6.07) is 5.07. The van der Waals surface area contributed by atoms with Gasteiger partial charge in [0.05, 0.1) is 30.4 Å². The van der Waals surface area contributed by atoms with E-state index < -0.39 is 5.97 Å². The molecule has 0 aliphatic carbocycles. The zero-order valence-electron chi connectivity index (χ0n) is 12.6. The average molecular weight is 383 g/mol. The molecule has 0 amide bonds. The molecule has 24 heavy (non-hydrogen) atoms. The van der Waals surface area contributed by atoms with E-state index in [1.807, 2.05) is 0 Å². The second kappa shape index (κ2) is 6.93. The van der Waals surface area contributed by atoms with Gasteiger partial charge >= 0.3 is 5.97 Å². The largest absolute Gasteiger partial charge is 0.462 e. The maximum absolute atomic E-state index is 12.8. The number of hydrogen-bond acceptors (Lipinski definition) is 5. The number of nitrogens with zero attached hydrogens (tertiary/aromatic N) is 2. The Balaban J connectivity index is 2.06. The van der Waals surface area contributed by atoms with Crippen molar-refractivity contribution in [1.29, 1.82) is 0 Å². The Hall–Kier alpha value is -1.89. The van der Waals surface area contributed by atoms with Gasteiger partial charge in [0.1, 0.15) is 4.83 Å². The van der Waals surface area contributed by atoms with E-state index in [9.17, 15) is 9.59 Å². The molecule has 0 bridgehead atoms. The van der Waals surface area contributed by atoms with Crippen LogP contribution in [0, 0.1) is 0 Å². The molecule has 3 rings (SSSR count). The molecule has 0 radical (unpaired) electrons. The fourth-order valence-electron chi connectivity index (χ4n) is 2.27. The minimum Gasteiger partial charge on any atom is -0.462 e. The highest BCUT2D eigenvalue weighted by molar-refractivity contribution is 7.17. The summed E-state index contributed by atoms with van der Waals surface area (Å²) in [5, 5.41) is 2.85. The van der Waals surface area contributed by atoms with Crippen LogP contribution in [-0.4, -0.2) is 22.1 Å². The van der Waals surface area contributed by atoms with Crippen molar-refractivity contribution in [2.75, 3.05) is 6.61 Å². The van der Waals surface area contributed by atoms with Crippen molar-refractivity contribution in [2.45, 2.75) is 13.5 Å². The second-order valence-corrected chi connectivity index (χ2v) is 6.67. The van der Waals surface area contributed by atoms with Crippen molar-refractivity contribution >= 4 is 50.7 Å². The standard InChI is InChI=1S/C16H12Cl2N2O3S/c1-2-23-16(22)11-7-24-14-13(11)15(21)20(8-19-14)6-9-3-4-10(17)5-12(9)18/h3-5,7-8H,2,6H2,1H3. The highest BCUT2D eigenvalue weighted by Crippen LogP contribution is 2.23. The van der Waals surface area contributed by atoms with Gasteiger partial charge in [-0.05, 0) is 24.6 Å². The lowest BCUT2D eigenvalue weighted by atomic mass is 10.2. The van der Waals surface area contributed by atoms with Crippen LogP contribution in [0.5, 0.6) is 0 Å². The van der Waals surface area contributed by atoms with Gasteiger partial charge in [-0.15, -0.1) is 11.3 Å². The molecule has 8 heteroatoms. The van der Waals surface area contributed by atoms with E-state index in [-0.39, 0.29) is 29.7 Å². The molecule has 124 valence electrons. The molecule has 0 saturated heterocycles. The lowest BCUT2D eigenvalue weighted by Gasteiger charge is -2.08. The summed E-state index contributed by atoms with van der Waals surface area (Å²) < 4.78 is 6.41. The van der Waals surface area contributed by atoms with Crippen molar-refractivity contribution in [3.05, 3.63) is 61.4 Å². The number of halogens is 2. The summed E-state index contributed by atoms with van der Waals surface area (Å²) in [7, 11) is 0. The summed E-state index contributed by atoms with van der Waals surface area (Å²) in [5.41, 5.74) is 0.665. The van der Waals surface area contributed by atoms with E-state index in [1.54, 1.807) is 30.5 Å². The van der Waals surface area contributed by atoms with Crippen LogP contribution in [0.4, 0.5) is 0 Å². The third kappa shape index (κ3) is 3.17. The molecule has 3 aromatic rings. The number of hydrogen-bond donors (Lipinski definition) is 0. The normalized spacial score (nSPS) is 11.0. The number of esters is 1. The van der Waals surface area contributed by atoms with E-state index in [2.05, 4.69) is 4.98 Å². The van der Waals surface area contributed by atoms with Gasteiger partial charge in [0.25, 0.3) is 5.56 Å². The van der Waals surface area contributed by atoms with E-state index in [0.717, 1.165) is 5.56 Å². The van der Waals surface area contributed by atoms with Crippen LogP contribution in [0.3, 0.4) is 0 Å². The van der Waals surface area contributed by atoms with E-state index in [1.165, 1.54) is 22.2 Å². The number of aromatic nitrogens is 2.